The summed E-state index contributed by atoms with van der Waals surface area (Å²) in [6.07, 6.45) is 10.0. The van der Waals surface area contributed by atoms with Gasteiger partial charge in [-0.25, -0.2) is 9.37 Å². The van der Waals surface area contributed by atoms with E-state index in [2.05, 4.69) is 35.5 Å². The summed E-state index contributed by atoms with van der Waals surface area (Å²) in [7, 11) is 0. The number of halogens is 1. The second-order valence-electron chi connectivity index (χ2n) is 9.03. The van der Waals surface area contributed by atoms with Crippen molar-refractivity contribution in [1.82, 2.24) is 35.1 Å². The highest BCUT2D eigenvalue weighted by Crippen LogP contribution is 2.36. The normalized spacial score (nSPS) is 13.3. The number of imidazole rings is 1. The molecule has 180 valence electrons. The summed E-state index contributed by atoms with van der Waals surface area (Å²) in [5, 5.41) is 10.5. The van der Waals surface area contributed by atoms with E-state index in [1.165, 1.54) is 0 Å². The summed E-state index contributed by atoms with van der Waals surface area (Å²) in [4.78, 5) is 33.0. The molecule has 0 radical (unpaired) electrons. The Morgan fingerprint density at radius 1 is 0.973 bits per heavy atom. The lowest BCUT2D eigenvalue weighted by atomic mass is 10.0. The van der Waals surface area contributed by atoms with E-state index in [0.29, 0.717) is 50.4 Å². The van der Waals surface area contributed by atoms with Gasteiger partial charge < -0.3 is 10.3 Å². The monoisotopic (exact) mass is 490 g/mol. The number of pyridine rings is 3. The average Bonchev–Trinajstić information content (AvgIpc) is 3.54. The van der Waals surface area contributed by atoms with Crippen molar-refractivity contribution in [3.8, 4) is 33.9 Å². The van der Waals surface area contributed by atoms with E-state index in [-0.39, 0.29) is 11.8 Å². The van der Waals surface area contributed by atoms with Gasteiger partial charge >= 0.3 is 0 Å². The lowest BCUT2D eigenvalue weighted by molar-refractivity contribution is -0.117. The molecule has 0 aliphatic heterocycles. The molecule has 0 saturated heterocycles. The zero-order valence-electron chi connectivity index (χ0n) is 19.4. The third kappa shape index (κ3) is 3.70. The van der Waals surface area contributed by atoms with Gasteiger partial charge in [-0.2, -0.15) is 5.10 Å². The zero-order chi connectivity index (χ0) is 24.9. The molecule has 1 aromatic carbocycles. The molecular formula is C27H19FN8O. The fraction of sp³-hybridized carbons (Fsp3) is 0.111. The number of nitrogens with zero attached hydrogens (tertiary/aromatic N) is 5. The largest absolute Gasteiger partial charge is 0.336 e. The minimum Gasteiger partial charge on any atom is -0.336 e. The summed E-state index contributed by atoms with van der Waals surface area (Å²) in [5.74, 6) is -0.0151. The highest BCUT2D eigenvalue weighted by molar-refractivity contribution is 5.98. The Labute approximate surface area is 209 Å². The van der Waals surface area contributed by atoms with Crippen LogP contribution in [0.5, 0.6) is 0 Å². The van der Waals surface area contributed by atoms with Crippen molar-refractivity contribution in [3.63, 3.8) is 0 Å². The van der Waals surface area contributed by atoms with Crippen LogP contribution in [0.1, 0.15) is 12.8 Å². The Kier molecular flexibility index (Phi) is 4.78. The van der Waals surface area contributed by atoms with Crippen LogP contribution in [0.25, 0.3) is 55.8 Å². The zero-order valence-corrected chi connectivity index (χ0v) is 19.4. The van der Waals surface area contributed by atoms with E-state index in [1.54, 1.807) is 49.2 Å². The molecule has 1 amide bonds. The van der Waals surface area contributed by atoms with Crippen molar-refractivity contribution >= 4 is 33.5 Å². The molecule has 1 saturated carbocycles. The van der Waals surface area contributed by atoms with E-state index >= 15 is 4.39 Å². The lowest BCUT2D eigenvalue weighted by Crippen LogP contribution is -2.13. The van der Waals surface area contributed by atoms with Crippen LogP contribution in [0.4, 0.5) is 10.1 Å². The summed E-state index contributed by atoms with van der Waals surface area (Å²) in [5.41, 5.74) is 5.21. The van der Waals surface area contributed by atoms with Crippen molar-refractivity contribution in [2.45, 2.75) is 12.8 Å². The SMILES string of the molecule is O=C(Nc1cncc(-c2ccc3[nH]nc(-c4nc5c(-c6cccnc6)nccc5[nH]4)c3c2F)c1)C1CC1. The van der Waals surface area contributed by atoms with Crippen LogP contribution < -0.4 is 5.32 Å². The predicted molar refractivity (Wildman–Crippen MR) is 137 cm³/mol. The van der Waals surface area contributed by atoms with Crippen LogP contribution in [-0.4, -0.2) is 41.0 Å². The fourth-order valence-electron chi connectivity index (χ4n) is 4.47. The van der Waals surface area contributed by atoms with Crippen molar-refractivity contribution in [2.24, 2.45) is 5.92 Å². The Bertz CT molecular complexity index is 1810. The van der Waals surface area contributed by atoms with E-state index in [9.17, 15) is 4.79 Å². The molecule has 5 heterocycles. The molecule has 37 heavy (non-hydrogen) atoms. The molecule has 5 aromatic heterocycles. The number of carbonyl (C=O) groups excluding carboxylic acids is 1. The van der Waals surface area contributed by atoms with Crippen molar-refractivity contribution in [1.29, 1.82) is 0 Å². The second kappa shape index (κ2) is 8.30. The molecule has 0 spiro atoms. The summed E-state index contributed by atoms with van der Waals surface area (Å²) < 4.78 is 16.0. The number of fused-ring (bicyclic) bond motifs is 2. The van der Waals surface area contributed by atoms with Crippen LogP contribution in [0, 0.1) is 11.7 Å². The Morgan fingerprint density at radius 3 is 2.70 bits per heavy atom. The number of nitrogens with one attached hydrogen (secondary N) is 3. The van der Waals surface area contributed by atoms with Gasteiger partial charge in [-0.1, -0.05) is 0 Å². The first-order chi connectivity index (χ1) is 18.2. The van der Waals surface area contributed by atoms with Gasteiger partial charge in [-0.05, 0) is 49.2 Å². The van der Waals surface area contributed by atoms with Crippen molar-refractivity contribution in [2.75, 3.05) is 5.32 Å². The number of rotatable bonds is 5. The van der Waals surface area contributed by atoms with Crippen LogP contribution >= 0.6 is 0 Å². The fourth-order valence-corrected chi connectivity index (χ4v) is 4.47. The van der Waals surface area contributed by atoms with E-state index < -0.39 is 5.82 Å². The highest BCUT2D eigenvalue weighted by Gasteiger charge is 2.29. The first-order valence-corrected chi connectivity index (χ1v) is 11.8. The lowest BCUT2D eigenvalue weighted by Gasteiger charge is -2.08. The maximum atomic E-state index is 16.0. The molecule has 6 aromatic rings. The van der Waals surface area contributed by atoms with Gasteiger partial charge in [0.1, 0.15) is 17.0 Å². The quantitative estimate of drug-likeness (QED) is 0.308. The first-order valence-electron chi connectivity index (χ1n) is 11.8. The Balaban J connectivity index is 1.32. The average molecular weight is 491 g/mol. The van der Waals surface area contributed by atoms with Crippen LogP contribution in [-0.2, 0) is 4.79 Å². The molecule has 0 unspecified atom stereocenters. The van der Waals surface area contributed by atoms with Gasteiger partial charge in [0, 0.05) is 47.4 Å². The first kappa shape index (κ1) is 21.3. The van der Waals surface area contributed by atoms with Gasteiger partial charge in [0.25, 0.3) is 0 Å². The maximum Gasteiger partial charge on any atom is 0.227 e. The summed E-state index contributed by atoms with van der Waals surface area (Å²) >= 11 is 0. The topological polar surface area (TPSA) is 125 Å². The van der Waals surface area contributed by atoms with Gasteiger partial charge in [-0.3, -0.25) is 24.8 Å². The second-order valence-corrected chi connectivity index (χ2v) is 9.03. The van der Waals surface area contributed by atoms with Crippen molar-refractivity contribution in [3.05, 3.63) is 73.2 Å². The number of hydrogen-bond acceptors (Lipinski definition) is 6. The molecule has 7 rings (SSSR count). The third-order valence-electron chi connectivity index (χ3n) is 6.49. The van der Waals surface area contributed by atoms with Gasteiger partial charge in [0.2, 0.25) is 5.91 Å². The molecule has 1 fully saturated rings. The Hall–Kier alpha value is -4.99. The van der Waals surface area contributed by atoms with E-state index in [4.69, 9.17) is 4.98 Å². The molecule has 10 heteroatoms. The van der Waals surface area contributed by atoms with E-state index in [0.717, 1.165) is 23.9 Å². The highest BCUT2D eigenvalue weighted by atomic mass is 19.1. The third-order valence-corrected chi connectivity index (χ3v) is 6.49. The van der Waals surface area contributed by atoms with Crippen molar-refractivity contribution < 1.29 is 9.18 Å². The number of amides is 1. The molecular weight excluding hydrogens is 471 g/mol. The number of hydrogen-bond donors (Lipinski definition) is 3. The number of aromatic nitrogens is 7. The molecule has 1 aliphatic rings. The van der Waals surface area contributed by atoms with Gasteiger partial charge in [-0.15, -0.1) is 0 Å². The number of carbonyl (C=O) groups is 1. The standard InChI is InChI=1S/C27H19FN8O/c28-22-18(16-10-17(13-30-12-16)32-27(37)14-3-4-14)5-6-19-21(22)25(36-35-19)26-33-20-7-9-31-23(24(20)34-26)15-2-1-8-29-11-15/h1-2,5-14H,3-4H2,(H,32,37)(H,33,34)(H,35,36). The molecule has 3 N–H and O–H groups in total. The minimum atomic E-state index is -0.459. The number of benzene rings is 1. The van der Waals surface area contributed by atoms with Gasteiger partial charge in [0.05, 0.1) is 34.0 Å². The van der Waals surface area contributed by atoms with Gasteiger partial charge in [0.15, 0.2) is 5.82 Å². The smallest absolute Gasteiger partial charge is 0.227 e. The molecule has 1 aliphatic carbocycles. The number of aromatic amines is 2. The Morgan fingerprint density at radius 2 is 1.86 bits per heavy atom. The maximum absolute atomic E-state index is 16.0. The number of anilines is 1. The molecule has 0 atom stereocenters. The van der Waals surface area contributed by atoms with E-state index in [1.807, 2.05) is 18.2 Å². The predicted octanol–water partition coefficient (Wildman–Crippen LogP) is 5.11. The number of H-pyrrole nitrogens is 2. The summed E-state index contributed by atoms with van der Waals surface area (Å²) in [6.45, 7) is 0. The summed E-state index contributed by atoms with van der Waals surface area (Å²) in [6, 6.07) is 10.7. The molecule has 0 bridgehead atoms. The van der Waals surface area contributed by atoms with Crippen LogP contribution in [0.3, 0.4) is 0 Å². The minimum absolute atomic E-state index is 0.0305. The van der Waals surface area contributed by atoms with Crippen LogP contribution in [0.2, 0.25) is 0 Å². The molecule has 9 nitrogen and oxygen atoms in total. The van der Waals surface area contributed by atoms with Crippen LogP contribution in [0.15, 0.2) is 67.4 Å².